The second-order valence-electron chi connectivity index (χ2n) is 15.1. The molecular weight excluding hydrogens is 791 g/mol. The zero-order valence-electron chi connectivity index (χ0n) is 33.0. The van der Waals surface area contributed by atoms with Crippen LogP contribution in [0.4, 0.5) is 0 Å². The van der Waals surface area contributed by atoms with Gasteiger partial charge in [-0.15, -0.1) is 0 Å². The van der Waals surface area contributed by atoms with Crippen LogP contribution in [0.2, 0.25) is 10.0 Å². The van der Waals surface area contributed by atoms with Gasteiger partial charge in [0.1, 0.15) is 24.6 Å². The molecule has 0 unspecified atom stereocenters. The number of carbonyl (C=O) groups excluding carboxylic acids is 4. The quantitative estimate of drug-likeness (QED) is 0.0626. The van der Waals surface area contributed by atoms with Crippen LogP contribution in [-0.4, -0.2) is 106 Å². The van der Waals surface area contributed by atoms with Crippen molar-refractivity contribution < 1.29 is 28.7 Å². The van der Waals surface area contributed by atoms with Crippen LogP contribution in [0, 0.1) is 0 Å². The summed E-state index contributed by atoms with van der Waals surface area (Å²) in [7, 11) is 3.93. The number of halogens is 2. The average Bonchev–Trinajstić information content (AvgIpc) is 3.80. The van der Waals surface area contributed by atoms with E-state index in [4.69, 9.17) is 42.9 Å². The molecule has 0 fully saturated rings. The first-order valence-electron chi connectivity index (χ1n) is 19.9. The number of benzene rings is 4. The maximum atomic E-state index is 13.3. The van der Waals surface area contributed by atoms with E-state index in [1.165, 1.54) is 0 Å². The minimum Gasteiger partial charge on any atom is -0.464 e. The van der Waals surface area contributed by atoms with Gasteiger partial charge in [-0.25, -0.2) is 0 Å². The summed E-state index contributed by atoms with van der Waals surface area (Å²) in [6.07, 6.45) is 2.58. The van der Waals surface area contributed by atoms with Crippen LogP contribution < -0.4 is 0 Å². The van der Waals surface area contributed by atoms with Gasteiger partial charge in [0, 0.05) is 72.0 Å². The zero-order valence-corrected chi connectivity index (χ0v) is 34.5. The number of carbonyl (C=O) groups is 4. The Morgan fingerprint density at radius 3 is 1.42 bits per heavy atom. The molecule has 0 saturated carbocycles. The minimum absolute atomic E-state index is 0.0859. The van der Waals surface area contributed by atoms with Crippen LogP contribution in [0.25, 0.3) is 44.3 Å². The third-order valence-electron chi connectivity index (χ3n) is 11.2. The van der Waals surface area contributed by atoms with Gasteiger partial charge in [-0.05, 0) is 51.2 Å². The SMILES string of the molecule is CN(CCOC(=O)CCCCCC(=O)OCCN(C)CCn1nc2c3c(cccc31)C(=O)c1c(Cl)cccc1-2)CCn1nc2c3c(cccc31)C(=O)c1c(Cl)cccc1-2. The van der Waals surface area contributed by atoms with Crippen molar-refractivity contribution in [1.29, 1.82) is 0 Å². The first kappa shape index (κ1) is 40.4. The van der Waals surface area contributed by atoms with Crippen LogP contribution in [0.1, 0.15) is 63.9 Å². The fourth-order valence-electron chi connectivity index (χ4n) is 7.97. The van der Waals surface area contributed by atoms with Crippen molar-refractivity contribution >= 4 is 68.5 Å². The van der Waals surface area contributed by atoms with Crippen LogP contribution in [0.3, 0.4) is 0 Å². The van der Waals surface area contributed by atoms with Gasteiger partial charge in [0.05, 0.1) is 45.3 Å². The lowest BCUT2D eigenvalue weighted by atomic mass is 9.87. The van der Waals surface area contributed by atoms with E-state index >= 15 is 0 Å². The Hall–Kier alpha value is -5.40. The van der Waals surface area contributed by atoms with Crippen LogP contribution in [0.15, 0.2) is 72.8 Å². The molecule has 2 aromatic heterocycles. The Labute approximate surface area is 351 Å². The summed E-state index contributed by atoms with van der Waals surface area (Å²) in [6.45, 7) is 4.20. The molecule has 0 N–H and O–H groups in total. The summed E-state index contributed by atoms with van der Waals surface area (Å²) in [5.41, 5.74) is 7.03. The molecule has 0 aliphatic heterocycles. The molecule has 6 aromatic rings. The van der Waals surface area contributed by atoms with E-state index in [0.29, 0.717) is 97.3 Å². The zero-order chi connectivity index (χ0) is 41.2. The number of hydrogen-bond donors (Lipinski definition) is 0. The van der Waals surface area contributed by atoms with E-state index in [0.717, 1.165) is 50.7 Å². The minimum atomic E-state index is -0.255. The summed E-state index contributed by atoms with van der Waals surface area (Å²) in [4.78, 5) is 55.4. The highest BCUT2D eigenvalue weighted by atomic mass is 35.5. The molecule has 0 bridgehead atoms. The maximum absolute atomic E-state index is 13.3. The van der Waals surface area contributed by atoms with Gasteiger partial charge in [0.2, 0.25) is 0 Å². The summed E-state index contributed by atoms with van der Waals surface area (Å²) >= 11 is 12.8. The Morgan fingerprint density at radius 2 is 0.983 bits per heavy atom. The van der Waals surface area contributed by atoms with E-state index in [1.54, 1.807) is 12.1 Å². The van der Waals surface area contributed by atoms with Gasteiger partial charge < -0.3 is 19.3 Å². The number of rotatable bonds is 18. The molecule has 0 amide bonds. The molecule has 0 saturated heterocycles. The van der Waals surface area contributed by atoms with Gasteiger partial charge in [-0.1, -0.05) is 78.2 Å². The average molecular weight is 836 g/mol. The molecule has 304 valence electrons. The number of likely N-dealkylation sites (N-methyl/N-ethyl adjacent to an activating group) is 2. The second kappa shape index (κ2) is 17.4. The van der Waals surface area contributed by atoms with Crippen molar-refractivity contribution in [3.8, 4) is 22.5 Å². The third kappa shape index (κ3) is 8.14. The smallest absolute Gasteiger partial charge is 0.305 e. The molecule has 8 rings (SSSR count). The summed E-state index contributed by atoms with van der Waals surface area (Å²) in [6, 6.07) is 22.2. The monoisotopic (exact) mass is 834 g/mol. The highest BCUT2D eigenvalue weighted by Crippen LogP contribution is 2.42. The lowest BCUT2D eigenvalue weighted by molar-refractivity contribution is -0.144. The molecular formula is C45H44Cl2N6O6. The number of aromatic nitrogens is 4. The second-order valence-corrected chi connectivity index (χ2v) is 15.9. The summed E-state index contributed by atoms with van der Waals surface area (Å²) in [5, 5.41) is 12.3. The van der Waals surface area contributed by atoms with Crippen LogP contribution >= 0.6 is 23.2 Å². The number of unbranched alkanes of at least 4 members (excludes halogenated alkanes) is 2. The van der Waals surface area contributed by atoms with E-state index < -0.39 is 0 Å². The topological polar surface area (TPSA) is 129 Å². The third-order valence-corrected chi connectivity index (χ3v) is 11.8. The number of ether oxygens (including phenoxy) is 2. The number of ketones is 2. The number of nitrogens with zero attached hydrogens (tertiary/aromatic N) is 6. The predicted molar refractivity (Wildman–Crippen MR) is 227 cm³/mol. The number of fused-ring (bicyclic) bond motifs is 4. The van der Waals surface area contributed by atoms with Crippen molar-refractivity contribution in [3.05, 3.63) is 105 Å². The van der Waals surface area contributed by atoms with Gasteiger partial charge in [0.25, 0.3) is 0 Å². The molecule has 0 spiro atoms. The predicted octanol–water partition coefficient (Wildman–Crippen LogP) is 7.72. The first-order valence-corrected chi connectivity index (χ1v) is 20.7. The highest BCUT2D eigenvalue weighted by molar-refractivity contribution is 6.39. The molecule has 59 heavy (non-hydrogen) atoms. The normalized spacial score (nSPS) is 12.8. The Bertz CT molecular complexity index is 2440. The fraction of sp³-hybridized carbons (Fsp3) is 0.333. The lowest BCUT2D eigenvalue weighted by Crippen LogP contribution is -2.28. The molecule has 2 heterocycles. The largest absolute Gasteiger partial charge is 0.464 e. The van der Waals surface area contributed by atoms with Crippen molar-refractivity contribution in [3.63, 3.8) is 0 Å². The standard InChI is InChI=1S/C45H44Cl2N6O6/c1-50(20-22-52-34-16-8-12-30-40(34)42(48-52)28-10-6-14-32(46)38(28)44(30)56)24-26-58-36(54)18-4-3-5-19-37(55)59-27-25-51(2)21-23-53-35-17-9-13-31-41(35)43(49-53)29-11-7-15-33(47)39(29)45(31)57/h6-17H,3-5,18-27H2,1-2H3. The van der Waals surface area contributed by atoms with Crippen LogP contribution in [0.5, 0.6) is 0 Å². The van der Waals surface area contributed by atoms with Crippen LogP contribution in [-0.2, 0) is 32.2 Å². The Morgan fingerprint density at radius 1 is 0.576 bits per heavy atom. The van der Waals surface area contributed by atoms with E-state index in [9.17, 15) is 19.2 Å². The Kier molecular flexibility index (Phi) is 11.9. The van der Waals surface area contributed by atoms with Gasteiger partial charge in [-0.3, -0.25) is 28.5 Å². The highest BCUT2D eigenvalue weighted by Gasteiger charge is 2.32. The van der Waals surface area contributed by atoms with Crippen molar-refractivity contribution in [2.45, 2.75) is 45.2 Å². The fourth-order valence-corrected chi connectivity index (χ4v) is 8.49. The molecule has 0 radical (unpaired) electrons. The van der Waals surface area contributed by atoms with Gasteiger partial charge in [0.15, 0.2) is 11.6 Å². The van der Waals surface area contributed by atoms with Crippen molar-refractivity contribution in [2.75, 3.05) is 53.5 Å². The molecule has 0 atom stereocenters. The van der Waals surface area contributed by atoms with Gasteiger partial charge in [-0.2, -0.15) is 10.2 Å². The van der Waals surface area contributed by atoms with Crippen molar-refractivity contribution in [1.82, 2.24) is 29.4 Å². The van der Waals surface area contributed by atoms with E-state index in [2.05, 4.69) is 9.80 Å². The number of esters is 2. The molecule has 4 aromatic carbocycles. The molecule has 2 aliphatic rings. The van der Waals surface area contributed by atoms with E-state index in [-0.39, 0.29) is 36.7 Å². The first-order chi connectivity index (χ1) is 28.6. The molecule has 12 nitrogen and oxygen atoms in total. The molecule has 2 aliphatic carbocycles. The molecule has 14 heteroatoms. The maximum Gasteiger partial charge on any atom is 0.305 e. The van der Waals surface area contributed by atoms with Crippen molar-refractivity contribution in [2.24, 2.45) is 0 Å². The summed E-state index contributed by atoms with van der Waals surface area (Å²) in [5.74, 6) is -0.681. The Balaban J connectivity index is 0.696. The van der Waals surface area contributed by atoms with Gasteiger partial charge >= 0.3 is 11.9 Å². The van der Waals surface area contributed by atoms with E-state index in [1.807, 2.05) is 84.1 Å². The lowest BCUT2D eigenvalue weighted by Gasteiger charge is -2.17. The number of hydrogen-bond acceptors (Lipinski definition) is 10. The summed E-state index contributed by atoms with van der Waals surface area (Å²) < 4.78 is 14.8.